The number of hydrogen-bond donors (Lipinski definition) is 0. The van der Waals surface area contributed by atoms with Gasteiger partial charge in [-0.05, 0) is 24.6 Å². The Bertz CT molecular complexity index is 907. The second kappa shape index (κ2) is 4.68. The summed E-state index contributed by atoms with van der Waals surface area (Å²) in [6.45, 7) is 1.83. The number of nitro benzene ring substituents is 1. The van der Waals surface area contributed by atoms with Crippen LogP contribution in [0.4, 0.5) is 5.69 Å². The molecule has 0 aliphatic carbocycles. The predicted octanol–water partition coefficient (Wildman–Crippen LogP) is 2.48. The van der Waals surface area contributed by atoms with Crippen molar-refractivity contribution in [1.29, 1.82) is 5.26 Å². The summed E-state index contributed by atoms with van der Waals surface area (Å²) in [6.07, 6.45) is 1.58. The van der Waals surface area contributed by atoms with Crippen molar-refractivity contribution in [1.82, 2.24) is 14.6 Å². The van der Waals surface area contributed by atoms with Crippen LogP contribution in [0.5, 0.6) is 0 Å². The number of hydrogen-bond acceptors (Lipinski definition) is 5. The molecule has 0 N–H and O–H groups in total. The van der Waals surface area contributed by atoms with Crippen LogP contribution in [0.15, 0.2) is 36.5 Å². The van der Waals surface area contributed by atoms with Gasteiger partial charge in [0.05, 0.1) is 16.6 Å². The van der Waals surface area contributed by atoms with E-state index >= 15 is 0 Å². The van der Waals surface area contributed by atoms with Crippen LogP contribution in [0.1, 0.15) is 11.3 Å². The Morgan fingerprint density at radius 1 is 1.33 bits per heavy atom. The molecule has 2 heterocycles. The fourth-order valence-corrected chi connectivity index (χ4v) is 2.07. The lowest BCUT2D eigenvalue weighted by atomic mass is 10.1. The lowest BCUT2D eigenvalue weighted by Gasteiger charge is -2.05. The van der Waals surface area contributed by atoms with Crippen LogP contribution in [0, 0.1) is 28.4 Å². The summed E-state index contributed by atoms with van der Waals surface area (Å²) in [5.41, 5.74) is 2.46. The van der Waals surface area contributed by atoms with Crippen molar-refractivity contribution >= 4 is 11.2 Å². The predicted molar refractivity (Wildman–Crippen MR) is 74.5 cm³/mol. The van der Waals surface area contributed by atoms with E-state index in [1.54, 1.807) is 24.4 Å². The van der Waals surface area contributed by atoms with Crippen LogP contribution in [0.3, 0.4) is 0 Å². The number of aromatic nitrogens is 3. The van der Waals surface area contributed by atoms with Gasteiger partial charge >= 0.3 is 0 Å². The molecule has 7 nitrogen and oxygen atoms in total. The minimum atomic E-state index is -0.460. The van der Waals surface area contributed by atoms with Crippen LogP contribution in [-0.2, 0) is 0 Å². The number of benzene rings is 1. The maximum atomic E-state index is 10.9. The number of nitrogens with zero attached hydrogens (tertiary/aromatic N) is 5. The number of rotatable bonds is 2. The van der Waals surface area contributed by atoms with E-state index in [4.69, 9.17) is 5.26 Å². The van der Waals surface area contributed by atoms with E-state index in [9.17, 15) is 10.1 Å². The van der Waals surface area contributed by atoms with E-state index in [1.807, 2.05) is 13.0 Å². The van der Waals surface area contributed by atoms with Gasteiger partial charge in [-0.25, -0.2) is 9.50 Å². The molecule has 0 amide bonds. The molecule has 1 aromatic carbocycles. The lowest BCUT2D eigenvalue weighted by Crippen LogP contribution is -2.00. The molecule has 0 bridgehead atoms. The molecule has 2 aromatic heterocycles. The molecule has 0 aliphatic heterocycles. The first-order valence-corrected chi connectivity index (χ1v) is 6.10. The van der Waals surface area contributed by atoms with E-state index in [-0.39, 0.29) is 5.69 Å². The van der Waals surface area contributed by atoms with Gasteiger partial charge in [-0.15, -0.1) is 5.10 Å². The van der Waals surface area contributed by atoms with Crippen molar-refractivity contribution in [2.45, 2.75) is 6.92 Å². The van der Waals surface area contributed by atoms with Crippen molar-refractivity contribution in [3.05, 3.63) is 57.9 Å². The van der Waals surface area contributed by atoms with Gasteiger partial charge in [-0.3, -0.25) is 10.1 Å². The Morgan fingerprint density at radius 2 is 2.14 bits per heavy atom. The second-order valence-corrected chi connectivity index (χ2v) is 4.51. The standard InChI is InChI=1S/C14H9N5O2/c1-9-2-3-10(19(20)21)6-13(9)14-16-8-12-5-4-11(7-15)18(12)17-14/h2-6,8H,1H3. The van der Waals surface area contributed by atoms with Gasteiger partial charge < -0.3 is 0 Å². The fourth-order valence-electron chi connectivity index (χ4n) is 2.07. The first-order valence-electron chi connectivity index (χ1n) is 6.10. The van der Waals surface area contributed by atoms with E-state index in [0.29, 0.717) is 22.6 Å². The van der Waals surface area contributed by atoms with E-state index in [2.05, 4.69) is 10.1 Å². The van der Waals surface area contributed by atoms with Gasteiger partial charge in [0.1, 0.15) is 11.8 Å². The summed E-state index contributed by atoms with van der Waals surface area (Å²) in [5.74, 6) is 0.344. The van der Waals surface area contributed by atoms with Crippen molar-refractivity contribution < 1.29 is 4.92 Å². The van der Waals surface area contributed by atoms with Crippen LogP contribution in [0.2, 0.25) is 0 Å². The molecule has 21 heavy (non-hydrogen) atoms. The monoisotopic (exact) mass is 279 g/mol. The smallest absolute Gasteiger partial charge is 0.258 e. The number of nitro groups is 1. The largest absolute Gasteiger partial charge is 0.270 e. The molecule has 0 spiro atoms. The molecule has 102 valence electrons. The van der Waals surface area contributed by atoms with Gasteiger partial charge in [0.2, 0.25) is 0 Å². The highest BCUT2D eigenvalue weighted by Crippen LogP contribution is 2.25. The topological polar surface area (TPSA) is 97.1 Å². The molecular weight excluding hydrogens is 270 g/mol. The summed E-state index contributed by atoms with van der Waals surface area (Å²) in [6, 6.07) is 9.95. The molecule has 0 saturated heterocycles. The highest BCUT2D eigenvalue weighted by atomic mass is 16.6. The Kier molecular flexibility index (Phi) is 2.84. The minimum Gasteiger partial charge on any atom is -0.258 e. The number of fused-ring (bicyclic) bond motifs is 1. The molecule has 3 aromatic rings. The first kappa shape index (κ1) is 12.7. The van der Waals surface area contributed by atoms with E-state index in [0.717, 1.165) is 5.56 Å². The zero-order valence-electron chi connectivity index (χ0n) is 11.0. The molecule has 0 fully saturated rings. The average molecular weight is 279 g/mol. The van der Waals surface area contributed by atoms with Crippen LogP contribution < -0.4 is 0 Å². The van der Waals surface area contributed by atoms with E-state index < -0.39 is 4.92 Å². The van der Waals surface area contributed by atoms with E-state index in [1.165, 1.54) is 16.6 Å². The summed E-state index contributed by atoms with van der Waals surface area (Å²) in [7, 11) is 0. The third kappa shape index (κ3) is 2.08. The van der Waals surface area contributed by atoms with Crippen molar-refractivity contribution in [2.24, 2.45) is 0 Å². The van der Waals surface area contributed by atoms with Gasteiger partial charge in [0.15, 0.2) is 5.82 Å². The Morgan fingerprint density at radius 3 is 2.86 bits per heavy atom. The quantitative estimate of drug-likeness (QED) is 0.530. The highest BCUT2D eigenvalue weighted by Gasteiger charge is 2.13. The zero-order chi connectivity index (χ0) is 15.0. The second-order valence-electron chi connectivity index (χ2n) is 4.51. The van der Waals surface area contributed by atoms with Crippen LogP contribution >= 0.6 is 0 Å². The molecule has 3 rings (SSSR count). The third-order valence-corrected chi connectivity index (χ3v) is 3.19. The van der Waals surface area contributed by atoms with Crippen LogP contribution in [0.25, 0.3) is 16.9 Å². The summed E-state index contributed by atoms with van der Waals surface area (Å²) < 4.78 is 1.47. The Hall–Kier alpha value is -3.27. The third-order valence-electron chi connectivity index (χ3n) is 3.19. The number of aryl methyl sites for hydroxylation is 1. The normalized spacial score (nSPS) is 10.5. The zero-order valence-corrected chi connectivity index (χ0v) is 11.0. The summed E-state index contributed by atoms with van der Waals surface area (Å²) >= 11 is 0. The van der Waals surface area contributed by atoms with Crippen molar-refractivity contribution in [3.63, 3.8) is 0 Å². The van der Waals surface area contributed by atoms with Gasteiger partial charge in [-0.2, -0.15) is 5.26 Å². The van der Waals surface area contributed by atoms with Gasteiger partial charge in [0.25, 0.3) is 5.69 Å². The lowest BCUT2D eigenvalue weighted by molar-refractivity contribution is -0.384. The van der Waals surface area contributed by atoms with Crippen LogP contribution in [-0.4, -0.2) is 19.5 Å². The Labute approximate surface area is 119 Å². The van der Waals surface area contributed by atoms with Crippen molar-refractivity contribution in [2.75, 3.05) is 0 Å². The fraction of sp³-hybridized carbons (Fsp3) is 0.0714. The molecule has 7 heteroatoms. The number of non-ortho nitro benzene ring substituents is 1. The summed E-state index contributed by atoms with van der Waals surface area (Å²) in [5, 5.41) is 24.2. The van der Waals surface area contributed by atoms with Gasteiger partial charge in [-0.1, -0.05) is 6.07 Å². The average Bonchev–Trinajstić information content (AvgIpc) is 2.89. The highest BCUT2D eigenvalue weighted by molar-refractivity contribution is 5.64. The molecule has 0 aliphatic rings. The molecule has 0 unspecified atom stereocenters. The maximum Gasteiger partial charge on any atom is 0.270 e. The molecule has 0 atom stereocenters. The minimum absolute atomic E-state index is 0.0210. The molecule has 0 saturated carbocycles. The van der Waals surface area contributed by atoms with Crippen molar-refractivity contribution in [3.8, 4) is 17.5 Å². The SMILES string of the molecule is Cc1ccc([N+](=O)[O-])cc1-c1ncc2ccc(C#N)n2n1. The first-order chi connectivity index (χ1) is 10.1. The molecule has 0 radical (unpaired) electrons. The summed E-state index contributed by atoms with van der Waals surface area (Å²) in [4.78, 5) is 14.6. The molecular formula is C14H9N5O2. The number of nitriles is 1. The maximum absolute atomic E-state index is 10.9. The van der Waals surface area contributed by atoms with Gasteiger partial charge in [0, 0.05) is 17.7 Å². The Balaban J connectivity index is 2.22.